The van der Waals surface area contributed by atoms with Gasteiger partial charge in [-0.25, -0.2) is 8.78 Å². The second-order valence-electron chi connectivity index (χ2n) is 3.66. The number of alkyl halides is 2. The fourth-order valence-electron chi connectivity index (χ4n) is 1.63. The Balaban J connectivity index is 3.21. The van der Waals surface area contributed by atoms with Crippen molar-refractivity contribution >= 4 is 5.97 Å². The Morgan fingerprint density at radius 3 is 2.68 bits per heavy atom. The van der Waals surface area contributed by atoms with Crippen molar-refractivity contribution in [1.82, 2.24) is 4.98 Å². The van der Waals surface area contributed by atoms with Crippen molar-refractivity contribution in [3.8, 4) is 5.75 Å². The van der Waals surface area contributed by atoms with Gasteiger partial charge in [-0.3, -0.25) is 9.78 Å². The molecule has 2 N–H and O–H groups in total. The third kappa shape index (κ3) is 3.85. The topological polar surface area (TPSA) is 74.4 Å². The number of carbonyl (C=O) groups is 1. The molecule has 0 bridgehead atoms. The van der Waals surface area contributed by atoms with E-state index in [9.17, 15) is 13.6 Å². The number of esters is 1. The van der Waals surface area contributed by atoms with Crippen LogP contribution in [-0.4, -0.2) is 24.7 Å². The summed E-state index contributed by atoms with van der Waals surface area (Å²) < 4.78 is 35.7. The molecule has 7 heteroatoms. The van der Waals surface area contributed by atoms with Crippen LogP contribution in [0.15, 0.2) is 6.07 Å². The number of nitrogens with two attached hydrogens (primary N) is 1. The highest BCUT2D eigenvalue weighted by Gasteiger charge is 2.23. The molecule has 0 aliphatic rings. The van der Waals surface area contributed by atoms with Crippen LogP contribution in [0.25, 0.3) is 0 Å². The minimum absolute atomic E-state index is 0.0234. The number of carbonyl (C=O) groups excluding carboxylic acids is 1. The van der Waals surface area contributed by atoms with E-state index >= 15 is 0 Å². The molecule has 1 rings (SSSR count). The molecule has 0 amide bonds. The van der Waals surface area contributed by atoms with E-state index in [0.29, 0.717) is 5.69 Å². The van der Waals surface area contributed by atoms with Crippen LogP contribution < -0.4 is 10.5 Å². The molecule has 0 saturated carbocycles. The number of ether oxygens (including phenoxy) is 2. The Hall–Kier alpha value is -1.76. The number of hydrogen-bond acceptors (Lipinski definition) is 5. The van der Waals surface area contributed by atoms with Gasteiger partial charge < -0.3 is 15.2 Å². The Morgan fingerprint density at radius 1 is 1.53 bits per heavy atom. The first kappa shape index (κ1) is 15.3. The van der Waals surface area contributed by atoms with E-state index in [4.69, 9.17) is 15.2 Å². The molecule has 1 aromatic heterocycles. The highest BCUT2D eigenvalue weighted by atomic mass is 19.3. The molecule has 0 spiro atoms. The van der Waals surface area contributed by atoms with Crippen LogP contribution in [-0.2, 0) is 22.5 Å². The molecular formula is C12H16F2N2O3. The largest absolute Gasteiger partial charge is 0.496 e. The van der Waals surface area contributed by atoms with E-state index in [1.54, 1.807) is 6.92 Å². The van der Waals surface area contributed by atoms with E-state index in [1.807, 2.05) is 0 Å². The van der Waals surface area contributed by atoms with Crippen LogP contribution in [0.5, 0.6) is 5.75 Å². The van der Waals surface area contributed by atoms with Gasteiger partial charge >= 0.3 is 5.97 Å². The highest BCUT2D eigenvalue weighted by Crippen LogP contribution is 2.32. The maximum Gasteiger partial charge on any atom is 0.311 e. The van der Waals surface area contributed by atoms with Crippen molar-refractivity contribution in [3.05, 3.63) is 23.0 Å². The van der Waals surface area contributed by atoms with Gasteiger partial charge in [-0.2, -0.15) is 0 Å². The number of halogens is 2. The second kappa shape index (κ2) is 6.98. The second-order valence-corrected chi connectivity index (χ2v) is 3.66. The Morgan fingerprint density at radius 2 is 2.21 bits per heavy atom. The van der Waals surface area contributed by atoms with Crippen LogP contribution in [0.3, 0.4) is 0 Å². The summed E-state index contributed by atoms with van der Waals surface area (Å²) in [6.07, 6.45) is -3.13. The van der Waals surface area contributed by atoms with E-state index in [2.05, 4.69) is 4.98 Å². The monoisotopic (exact) mass is 274 g/mol. The molecule has 0 aromatic carbocycles. The minimum Gasteiger partial charge on any atom is -0.496 e. The maximum absolute atomic E-state index is 13.0. The number of rotatable bonds is 6. The van der Waals surface area contributed by atoms with Gasteiger partial charge in [0.15, 0.2) is 0 Å². The van der Waals surface area contributed by atoms with Gasteiger partial charge in [0, 0.05) is 12.6 Å². The molecule has 19 heavy (non-hydrogen) atoms. The maximum atomic E-state index is 13.0. The zero-order valence-corrected chi connectivity index (χ0v) is 10.8. The van der Waals surface area contributed by atoms with E-state index in [1.165, 1.54) is 13.2 Å². The highest BCUT2D eigenvalue weighted by molar-refractivity contribution is 5.72. The van der Waals surface area contributed by atoms with Crippen LogP contribution in [0.2, 0.25) is 0 Å². The average molecular weight is 274 g/mol. The van der Waals surface area contributed by atoms with Crippen molar-refractivity contribution in [1.29, 1.82) is 0 Å². The van der Waals surface area contributed by atoms with Crippen molar-refractivity contribution < 1.29 is 23.0 Å². The quantitative estimate of drug-likeness (QED) is 0.797. The summed E-state index contributed by atoms with van der Waals surface area (Å²) in [6.45, 7) is 1.88. The Kier molecular flexibility index (Phi) is 5.62. The summed E-state index contributed by atoms with van der Waals surface area (Å²) in [7, 11) is 1.27. The molecule has 5 nitrogen and oxygen atoms in total. The average Bonchev–Trinajstić information content (AvgIpc) is 2.37. The summed E-state index contributed by atoms with van der Waals surface area (Å²) in [5, 5.41) is 0. The number of methoxy groups -OCH3 is 1. The zero-order valence-electron chi connectivity index (χ0n) is 10.8. The third-order valence-corrected chi connectivity index (χ3v) is 2.42. The van der Waals surface area contributed by atoms with Crippen LogP contribution in [0, 0.1) is 0 Å². The van der Waals surface area contributed by atoms with E-state index < -0.39 is 18.0 Å². The first-order valence-corrected chi connectivity index (χ1v) is 5.73. The Labute approximate surface area is 109 Å². The fraction of sp³-hybridized carbons (Fsp3) is 0.500. The summed E-state index contributed by atoms with van der Waals surface area (Å²) in [5.74, 6) is -0.641. The minimum atomic E-state index is -2.79. The molecule has 0 saturated heterocycles. The first-order valence-electron chi connectivity index (χ1n) is 5.73. The lowest BCUT2D eigenvalue weighted by atomic mass is 10.1. The van der Waals surface area contributed by atoms with Gasteiger partial charge in [-0.1, -0.05) is 0 Å². The smallest absolute Gasteiger partial charge is 0.311 e. The predicted molar refractivity (Wildman–Crippen MR) is 64.0 cm³/mol. The first-order chi connectivity index (χ1) is 9.03. The van der Waals surface area contributed by atoms with Crippen LogP contribution in [0.4, 0.5) is 8.78 Å². The molecule has 1 heterocycles. The molecule has 0 aliphatic heterocycles. The summed E-state index contributed by atoms with van der Waals surface area (Å²) in [6, 6.07) is 1.34. The lowest BCUT2D eigenvalue weighted by Gasteiger charge is -2.14. The molecule has 0 atom stereocenters. The van der Waals surface area contributed by atoms with Crippen molar-refractivity contribution in [3.63, 3.8) is 0 Å². The van der Waals surface area contributed by atoms with Gasteiger partial charge in [-0.05, 0) is 6.92 Å². The van der Waals surface area contributed by atoms with Gasteiger partial charge in [0.05, 0.1) is 37.1 Å². The number of pyridine rings is 1. The van der Waals surface area contributed by atoms with E-state index in [-0.39, 0.29) is 31.0 Å². The lowest BCUT2D eigenvalue weighted by molar-refractivity contribution is -0.142. The SMILES string of the molecule is CCOC(=O)Cc1nc(CN)cc(OC)c1C(F)F. The van der Waals surface area contributed by atoms with Crippen LogP contribution >= 0.6 is 0 Å². The van der Waals surface area contributed by atoms with Crippen molar-refractivity contribution in [2.45, 2.75) is 26.3 Å². The molecule has 106 valence electrons. The lowest BCUT2D eigenvalue weighted by Crippen LogP contribution is -2.14. The predicted octanol–water partition coefficient (Wildman–Crippen LogP) is 1.59. The number of hydrogen-bond donors (Lipinski definition) is 1. The molecule has 0 aliphatic carbocycles. The van der Waals surface area contributed by atoms with Gasteiger partial charge in [0.25, 0.3) is 6.43 Å². The standard InChI is InChI=1S/C12H16F2N2O3/c1-3-19-10(17)5-8-11(12(13)14)9(18-2)4-7(6-15)16-8/h4,12H,3,5-6,15H2,1-2H3. The summed E-state index contributed by atoms with van der Waals surface area (Å²) in [4.78, 5) is 15.4. The van der Waals surface area contributed by atoms with Gasteiger partial charge in [-0.15, -0.1) is 0 Å². The zero-order chi connectivity index (χ0) is 14.4. The molecule has 0 unspecified atom stereocenters. The molecular weight excluding hydrogens is 258 g/mol. The molecule has 0 radical (unpaired) electrons. The van der Waals surface area contributed by atoms with Crippen molar-refractivity contribution in [2.24, 2.45) is 5.73 Å². The normalized spacial score (nSPS) is 10.6. The summed E-state index contributed by atoms with van der Waals surface area (Å²) >= 11 is 0. The number of aromatic nitrogens is 1. The van der Waals surface area contributed by atoms with Gasteiger partial charge in [0.1, 0.15) is 5.75 Å². The number of nitrogens with zero attached hydrogens (tertiary/aromatic N) is 1. The van der Waals surface area contributed by atoms with Gasteiger partial charge in [0.2, 0.25) is 0 Å². The third-order valence-electron chi connectivity index (χ3n) is 2.42. The van der Waals surface area contributed by atoms with E-state index in [0.717, 1.165) is 0 Å². The fourth-order valence-corrected chi connectivity index (χ4v) is 1.63. The van der Waals surface area contributed by atoms with Crippen LogP contribution in [0.1, 0.15) is 30.3 Å². The van der Waals surface area contributed by atoms with Crippen molar-refractivity contribution in [2.75, 3.05) is 13.7 Å². The molecule has 0 fully saturated rings. The molecule has 1 aromatic rings. The Bertz CT molecular complexity index is 453. The summed E-state index contributed by atoms with van der Waals surface area (Å²) in [5.41, 5.74) is 5.35.